The summed E-state index contributed by atoms with van der Waals surface area (Å²) in [6.45, 7) is 1.42. The summed E-state index contributed by atoms with van der Waals surface area (Å²) in [6, 6.07) is 5.00. The lowest BCUT2D eigenvalue weighted by atomic mass is 10.1. The first-order valence-electron chi connectivity index (χ1n) is 5.68. The number of hydrogen-bond acceptors (Lipinski definition) is 4. The molecule has 0 bridgehead atoms. The monoisotopic (exact) mass is 265 g/mol. The predicted octanol–water partition coefficient (Wildman–Crippen LogP) is 1.63. The molecule has 2 rings (SSSR count). The smallest absolute Gasteiger partial charge is 0.217 e. The van der Waals surface area contributed by atoms with Gasteiger partial charge in [0.1, 0.15) is 11.7 Å². The van der Waals surface area contributed by atoms with Crippen molar-refractivity contribution in [3.63, 3.8) is 0 Å². The molecule has 96 valence electrons. The Kier molecular flexibility index (Phi) is 3.91. The summed E-state index contributed by atoms with van der Waals surface area (Å²) in [4.78, 5) is 23.1. The number of hydrogen-bond donors (Lipinski definition) is 1. The van der Waals surface area contributed by atoms with Gasteiger partial charge in [0.05, 0.1) is 6.04 Å². The first-order chi connectivity index (χ1) is 8.63. The maximum absolute atomic E-state index is 12.1. The third-order valence-corrected chi connectivity index (χ3v) is 3.19. The Morgan fingerprint density at radius 3 is 3.00 bits per heavy atom. The van der Waals surface area contributed by atoms with E-state index < -0.39 is 6.04 Å². The van der Waals surface area contributed by atoms with Gasteiger partial charge in [-0.25, -0.2) is 0 Å². The number of ether oxygens (including phenoxy) is 1. The summed E-state index contributed by atoms with van der Waals surface area (Å²) in [5.74, 6) is 1.07. The summed E-state index contributed by atoms with van der Waals surface area (Å²) in [7, 11) is 0. The molecule has 0 fully saturated rings. The fourth-order valence-corrected chi connectivity index (χ4v) is 2.36. The van der Waals surface area contributed by atoms with Gasteiger partial charge in [-0.15, -0.1) is 11.8 Å². The van der Waals surface area contributed by atoms with Crippen LogP contribution in [0.1, 0.15) is 22.8 Å². The molecule has 4 nitrogen and oxygen atoms in total. The van der Waals surface area contributed by atoms with Gasteiger partial charge in [0.15, 0.2) is 5.78 Å². The maximum Gasteiger partial charge on any atom is 0.217 e. The largest absolute Gasteiger partial charge is 0.483 e. The molecule has 0 spiro atoms. The average Bonchev–Trinajstić information content (AvgIpc) is 2.64. The van der Waals surface area contributed by atoms with Crippen LogP contribution in [0.5, 0.6) is 5.75 Å². The summed E-state index contributed by atoms with van der Waals surface area (Å²) in [6.07, 6.45) is 2.47. The van der Waals surface area contributed by atoms with Crippen LogP contribution in [-0.2, 0) is 11.2 Å². The molecule has 1 atom stereocenters. The number of benzene rings is 1. The number of rotatable bonds is 4. The minimum absolute atomic E-state index is 0.0326. The Morgan fingerprint density at radius 1 is 1.56 bits per heavy atom. The lowest BCUT2D eigenvalue weighted by Crippen LogP contribution is -2.37. The Labute approximate surface area is 110 Å². The van der Waals surface area contributed by atoms with Crippen LogP contribution in [0.4, 0.5) is 0 Å². The van der Waals surface area contributed by atoms with Crippen molar-refractivity contribution in [3.8, 4) is 5.75 Å². The topological polar surface area (TPSA) is 55.4 Å². The maximum atomic E-state index is 12.1. The van der Waals surface area contributed by atoms with Crippen LogP contribution in [-0.4, -0.2) is 29.9 Å². The molecular weight excluding hydrogens is 250 g/mol. The van der Waals surface area contributed by atoms with Gasteiger partial charge in [-0.05, 0) is 12.3 Å². The van der Waals surface area contributed by atoms with Crippen LogP contribution in [0, 0.1) is 0 Å². The number of ketones is 1. The molecule has 0 aliphatic heterocycles. The molecule has 5 heteroatoms. The van der Waals surface area contributed by atoms with Crippen LogP contribution >= 0.6 is 11.8 Å². The van der Waals surface area contributed by atoms with Crippen molar-refractivity contribution >= 4 is 23.5 Å². The number of nitrogens with one attached hydrogen (secondary N) is 1. The van der Waals surface area contributed by atoms with E-state index in [1.807, 2.05) is 18.4 Å². The molecule has 18 heavy (non-hydrogen) atoms. The van der Waals surface area contributed by atoms with Crippen molar-refractivity contribution in [3.05, 3.63) is 29.3 Å². The number of amides is 1. The zero-order chi connectivity index (χ0) is 13.1. The van der Waals surface area contributed by atoms with Crippen LogP contribution in [0.3, 0.4) is 0 Å². The summed E-state index contributed by atoms with van der Waals surface area (Å²) < 4.78 is 5.60. The SMILES string of the molecule is CSCOc1cccc2c1CC(NC(C)=O)C2=O. The molecule has 0 saturated heterocycles. The van der Waals surface area contributed by atoms with Crippen LogP contribution in [0.2, 0.25) is 0 Å². The normalized spacial score (nSPS) is 17.4. The molecular formula is C13H15NO3S. The van der Waals surface area contributed by atoms with E-state index in [0.717, 1.165) is 11.3 Å². The number of carbonyl (C=O) groups excluding carboxylic acids is 2. The third-order valence-electron chi connectivity index (χ3n) is 2.83. The van der Waals surface area contributed by atoms with E-state index in [1.165, 1.54) is 6.92 Å². The van der Waals surface area contributed by atoms with E-state index in [4.69, 9.17) is 4.74 Å². The van der Waals surface area contributed by atoms with Gasteiger partial charge in [-0.1, -0.05) is 12.1 Å². The molecule has 1 aliphatic carbocycles. The minimum atomic E-state index is -0.448. The average molecular weight is 265 g/mol. The second-order valence-electron chi connectivity index (χ2n) is 4.15. The molecule has 0 heterocycles. The zero-order valence-corrected chi connectivity index (χ0v) is 11.2. The number of Topliss-reactive ketones (excluding diaryl/α,β-unsaturated/α-hetero) is 1. The van der Waals surface area contributed by atoms with E-state index in [-0.39, 0.29) is 11.7 Å². The standard InChI is InChI=1S/C13H15NO3S/c1-8(15)14-11-6-10-9(13(11)16)4-3-5-12(10)17-7-18-2/h3-5,11H,6-7H2,1-2H3,(H,14,15). The summed E-state index contributed by atoms with van der Waals surface area (Å²) in [5.41, 5.74) is 1.56. The third kappa shape index (κ3) is 2.51. The molecule has 1 aromatic rings. The molecule has 0 radical (unpaired) electrons. The van der Waals surface area contributed by atoms with Crippen molar-refractivity contribution in [2.24, 2.45) is 0 Å². The van der Waals surface area contributed by atoms with Crippen molar-refractivity contribution in [2.75, 3.05) is 12.2 Å². The van der Waals surface area contributed by atoms with Crippen LogP contribution in [0.25, 0.3) is 0 Å². The Bertz CT molecular complexity index is 487. The van der Waals surface area contributed by atoms with Crippen LogP contribution in [0.15, 0.2) is 18.2 Å². The van der Waals surface area contributed by atoms with Crippen molar-refractivity contribution in [2.45, 2.75) is 19.4 Å². The first-order valence-corrected chi connectivity index (χ1v) is 7.07. The van der Waals surface area contributed by atoms with Gasteiger partial charge >= 0.3 is 0 Å². The highest BCUT2D eigenvalue weighted by Crippen LogP contribution is 2.31. The van der Waals surface area contributed by atoms with Crippen molar-refractivity contribution < 1.29 is 14.3 Å². The predicted molar refractivity (Wildman–Crippen MR) is 71.1 cm³/mol. The Hall–Kier alpha value is -1.49. The summed E-state index contributed by atoms with van der Waals surface area (Å²) >= 11 is 1.58. The molecule has 1 N–H and O–H groups in total. The zero-order valence-electron chi connectivity index (χ0n) is 10.4. The van der Waals surface area contributed by atoms with Crippen molar-refractivity contribution in [1.82, 2.24) is 5.32 Å². The second-order valence-corrected chi connectivity index (χ2v) is 4.97. The van der Waals surface area contributed by atoms with E-state index in [1.54, 1.807) is 17.8 Å². The fourth-order valence-electron chi connectivity index (χ4n) is 2.11. The molecule has 1 amide bonds. The highest BCUT2D eigenvalue weighted by Gasteiger charge is 2.33. The lowest BCUT2D eigenvalue weighted by molar-refractivity contribution is -0.119. The second kappa shape index (κ2) is 5.44. The van der Waals surface area contributed by atoms with E-state index in [0.29, 0.717) is 17.9 Å². The summed E-state index contributed by atoms with van der Waals surface area (Å²) in [5, 5.41) is 2.67. The quantitative estimate of drug-likeness (QED) is 0.841. The molecule has 0 saturated carbocycles. The lowest BCUT2D eigenvalue weighted by Gasteiger charge is -2.09. The highest BCUT2D eigenvalue weighted by molar-refractivity contribution is 7.98. The van der Waals surface area contributed by atoms with Crippen molar-refractivity contribution in [1.29, 1.82) is 0 Å². The molecule has 1 aliphatic rings. The van der Waals surface area contributed by atoms with Gasteiger partial charge in [0, 0.05) is 24.5 Å². The van der Waals surface area contributed by atoms with Gasteiger partial charge in [-0.2, -0.15) is 0 Å². The minimum Gasteiger partial charge on any atom is -0.483 e. The first kappa shape index (κ1) is 13.0. The van der Waals surface area contributed by atoms with Gasteiger partial charge in [0.2, 0.25) is 5.91 Å². The number of fused-ring (bicyclic) bond motifs is 1. The van der Waals surface area contributed by atoms with Gasteiger partial charge in [-0.3, -0.25) is 9.59 Å². The van der Waals surface area contributed by atoms with E-state index >= 15 is 0 Å². The number of carbonyl (C=O) groups is 2. The fraction of sp³-hybridized carbons (Fsp3) is 0.385. The van der Waals surface area contributed by atoms with E-state index in [9.17, 15) is 9.59 Å². The van der Waals surface area contributed by atoms with Crippen LogP contribution < -0.4 is 10.1 Å². The number of thioether (sulfide) groups is 1. The van der Waals surface area contributed by atoms with E-state index in [2.05, 4.69) is 5.32 Å². The molecule has 0 aromatic heterocycles. The Morgan fingerprint density at radius 2 is 2.33 bits per heavy atom. The van der Waals surface area contributed by atoms with Gasteiger partial charge < -0.3 is 10.1 Å². The highest BCUT2D eigenvalue weighted by atomic mass is 32.2. The van der Waals surface area contributed by atoms with Gasteiger partial charge in [0.25, 0.3) is 0 Å². The molecule has 1 unspecified atom stereocenters. The Balaban J connectivity index is 2.24. The molecule has 1 aromatic carbocycles.